The Balaban J connectivity index is 1.85. The van der Waals surface area contributed by atoms with Crippen LogP contribution in [-0.2, 0) is 6.54 Å². The van der Waals surface area contributed by atoms with Gasteiger partial charge < -0.3 is 10.5 Å². The summed E-state index contributed by atoms with van der Waals surface area (Å²) < 4.78 is 6.90. The molecule has 3 rings (SSSR count). The number of hydrogen-bond donors (Lipinski definition) is 1. The standard InChI is InChI=1S/C11H10N6O/c12-7-8-1-3-9(4-2-8)18-11-6-5-10-13-15-16-17(10)14-11/h1-6H,7,12H2. The summed E-state index contributed by atoms with van der Waals surface area (Å²) in [6, 6.07) is 10.9. The molecule has 1 aromatic carbocycles. The molecule has 3 aromatic rings. The first-order chi connectivity index (χ1) is 8.85. The Morgan fingerprint density at radius 3 is 2.72 bits per heavy atom. The van der Waals surface area contributed by atoms with E-state index in [1.807, 2.05) is 24.3 Å². The number of rotatable bonds is 3. The summed E-state index contributed by atoms with van der Waals surface area (Å²) in [6.07, 6.45) is 0. The maximum atomic E-state index is 5.59. The van der Waals surface area contributed by atoms with E-state index in [1.54, 1.807) is 12.1 Å². The second-order valence-electron chi connectivity index (χ2n) is 3.65. The summed E-state index contributed by atoms with van der Waals surface area (Å²) in [4.78, 5) is 0. The van der Waals surface area contributed by atoms with E-state index in [1.165, 1.54) is 4.63 Å². The number of benzene rings is 1. The number of nitrogens with two attached hydrogens (primary N) is 1. The van der Waals surface area contributed by atoms with E-state index in [4.69, 9.17) is 10.5 Å². The fourth-order valence-corrected chi connectivity index (χ4v) is 1.50. The van der Waals surface area contributed by atoms with E-state index in [9.17, 15) is 0 Å². The Labute approximate surface area is 102 Å². The highest BCUT2D eigenvalue weighted by Crippen LogP contribution is 2.19. The molecule has 0 spiro atoms. The molecule has 0 atom stereocenters. The highest BCUT2D eigenvalue weighted by atomic mass is 16.5. The Kier molecular flexibility index (Phi) is 2.58. The van der Waals surface area contributed by atoms with Gasteiger partial charge in [-0.3, -0.25) is 0 Å². The SMILES string of the molecule is NCc1ccc(Oc2ccc3nnnn3n2)cc1. The second kappa shape index (κ2) is 4.38. The smallest absolute Gasteiger partial charge is 0.239 e. The van der Waals surface area contributed by atoms with Gasteiger partial charge in [-0.15, -0.1) is 14.8 Å². The predicted molar refractivity (Wildman–Crippen MR) is 63.0 cm³/mol. The van der Waals surface area contributed by atoms with Crippen LogP contribution in [0.1, 0.15) is 5.56 Å². The lowest BCUT2D eigenvalue weighted by atomic mass is 10.2. The van der Waals surface area contributed by atoms with Crippen molar-refractivity contribution in [3.63, 3.8) is 0 Å². The van der Waals surface area contributed by atoms with Crippen molar-refractivity contribution in [3.05, 3.63) is 42.0 Å². The molecule has 2 aromatic heterocycles. The van der Waals surface area contributed by atoms with Crippen LogP contribution >= 0.6 is 0 Å². The fraction of sp³-hybridized carbons (Fsp3) is 0.0909. The lowest BCUT2D eigenvalue weighted by molar-refractivity contribution is 0.447. The van der Waals surface area contributed by atoms with Gasteiger partial charge in [0, 0.05) is 12.6 Å². The number of nitrogens with zero attached hydrogens (tertiary/aromatic N) is 5. The predicted octanol–water partition coefficient (Wildman–Crippen LogP) is 0.770. The third kappa shape index (κ3) is 1.98. The zero-order chi connectivity index (χ0) is 12.4. The fourth-order valence-electron chi connectivity index (χ4n) is 1.50. The molecule has 0 aliphatic carbocycles. The van der Waals surface area contributed by atoms with E-state index >= 15 is 0 Å². The van der Waals surface area contributed by atoms with Gasteiger partial charge in [0.2, 0.25) is 5.88 Å². The first-order valence-electron chi connectivity index (χ1n) is 5.37. The van der Waals surface area contributed by atoms with Crippen LogP contribution in [0.4, 0.5) is 0 Å². The van der Waals surface area contributed by atoms with Gasteiger partial charge in [-0.1, -0.05) is 12.1 Å². The number of tetrazole rings is 1. The maximum absolute atomic E-state index is 5.59. The summed E-state index contributed by atoms with van der Waals surface area (Å²) in [5.41, 5.74) is 7.14. The molecule has 2 heterocycles. The van der Waals surface area contributed by atoms with Gasteiger partial charge in [-0.25, -0.2) is 0 Å². The molecule has 0 aliphatic heterocycles. The van der Waals surface area contributed by atoms with Crippen LogP contribution in [0.2, 0.25) is 0 Å². The Hall–Kier alpha value is -2.54. The van der Waals surface area contributed by atoms with E-state index in [-0.39, 0.29) is 0 Å². The van der Waals surface area contributed by atoms with Crippen molar-refractivity contribution in [2.75, 3.05) is 0 Å². The van der Waals surface area contributed by atoms with Gasteiger partial charge in [-0.2, -0.15) is 0 Å². The molecule has 18 heavy (non-hydrogen) atoms. The first-order valence-corrected chi connectivity index (χ1v) is 5.37. The zero-order valence-electron chi connectivity index (χ0n) is 9.39. The van der Waals surface area contributed by atoms with E-state index in [2.05, 4.69) is 20.6 Å². The van der Waals surface area contributed by atoms with E-state index in [0.717, 1.165) is 5.56 Å². The van der Waals surface area contributed by atoms with Gasteiger partial charge in [0.05, 0.1) is 0 Å². The van der Waals surface area contributed by atoms with E-state index < -0.39 is 0 Å². The molecule has 0 bridgehead atoms. The average molecular weight is 242 g/mol. The lowest BCUT2D eigenvalue weighted by Crippen LogP contribution is -1.98. The van der Waals surface area contributed by atoms with Gasteiger partial charge in [-0.05, 0) is 34.2 Å². The minimum Gasteiger partial charge on any atom is -0.438 e. The molecule has 90 valence electrons. The molecule has 7 heteroatoms. The second-order valence-corrected chi connectivity index (χ2v) is 3.65. The molecule has 0 fully saturated rings. The number of ether oxygens (including phenoxy) is 1. The topological polar surface area (TPSA) is 91.2 Å². The summed E-state index contributed by atoms with van der Waals surface area (Å²) in [5.74, 6) is 1.11. The van der Waals surface area contributed by atoms with Crippen LogP contribution in [0.5, 0.6) is 11.6 Å². The first kappa shape index (κ1) is 10.6. The van der Waals surface area contributed by atoms with Gasteiger partial charge in [0.15, 0.2) is 5.65 Å². The summed E-state index contributed by atoms with van der Waals surface area (Å²) >= 11 is 0. The largest absolute Gasteiger partial charge is 0.438 e. The monoisotopic (exact) mass is 242 g/mol. The van der Waals surface area contributed by atoms with Crippen LogP contribution in [0.15, 0.2) is 36.4 Å². The molecular weight excluding hydrogens is 232 g/mol. The van der Waals surface area contributed by atoms with Gasteiger partial charge in [0.25, 0.3) is 0 Å². The van der Waals surface area contributed by atoms with Gasteiger partial charge in [0.1, 0.15) is 5.75 Å². The van der Waals surface area contributed by atoms with Crippen molar-refractivity contribution >= 4 is 5.65 Å². The summed E-state index contributed by atoms with van der Waals surface area (Å²) in [7, 11) is 0. The third-order valence-corrected chi connectivity index (χ3v) is 2.43. The van der Waals surface area contributed by atoms with Crippen LogP contribution in [0, 0.1) is 0 Å². The Morgan fingerprint density at radius 1 is 1.11 bits per heavy atom. The normalized spacial score (nSPS) is 10.7. The molecule has 2 N–H and O–H groups in total. The summed E-state index contributed by atoms with van der Waals surface area (Å²) in [6.45, 7) is 0.509. The molecular formula is C11H10N6O. The van der Waals surface area contributed by atoms with Crippen molar-refractivity contribution in [2.45, 2.75) is 6.54 Å². The zero-order valence-corrected chi connectivity index (χ0v) is 9.39. The van der Waals surface area contributed by atoms with Crippen molar-refractivity contribution < 1.29 is 4.74 Å². The number of hydrogen-bond acceptors (Lipinski definition) is 6. The Morgan fingerprint density at radius 2 is 1.94 bits per heavy atom. The minimum absolute atomic E-state index is 0.426. The van der Waals surface area contributed by atoms with Crippen molar-refractivity contribution in [1.29, 1.82) is 0 Å². The van der Waals surface area contributed by atoms with Crippen LogP contribution in [0.25, 0.3) is 5.65 Å². The van der Waals surface area contributed by atoms with Crippen molar-refractivity contribution in [2.24, 2.45) is 5.73 Å². The number of aromatic nitrogens is 5. The highest BCUT2D eigenvalue weighted by Gasteiger charge is 2.02. The van der Waals surface area contributed by atoms with Crippen LogP contribution in [0.3, 0.4) is 0 Å². The molecule has 0 saturated carbocycles. The molecule has 0 unspecified atom stereocenters. The Bertz CT molecular complexity index is 663. The third-order valence-electron chi connectivity index (χ3n) is 2.43. The lowest BCUT2D eigenvalue weighted by Gasteiger charge is -2.04. The molecule has 0 saturated heterocycles. The molecule has 0 amide bonds. The molecule has 0 aliphatic rings. The quantitative estimate of drug-likeness (QED) is 0.729. The maximum Gasteiger partial charge on any atom is 0.239 e. The molecule has 0 radical (unpaired) electrons. The van der Waals surface area contributed by atoms with E-state index in [0.29, 0.717) is 23.8 Å². The molecule has 7 nitrogen and oxygen atoms in total. The highest BCUT2D eigenvalue weighted by molar-refractivity contribution is 5.36. The minimum atomic E-state index is 0.426. The number of fused-ring (bicyclic) bond motifs is 1. The van der Waals surface area contributed by atoms with Crippen molar-refractivity contribution in [3.8, 4) is 11.6 Å². The van der Waals surface area contributed by atoms with Crippen LogP contribution < -0.4 is 10.5 Å². The average Bonchev–Trinajstić information content (AvgIpc) is 2.87. The summed E-state index contributed by atoms with van der Waals surface area (Å²) in [5, 5.41) is 15.1. The van der Waals surface area contributed by atoms with Gasteiger partial charge >= 0.3 is 0 Å². The van der Waals surface area contributed by atoms with Crippen molar-refractivity contribution in [1.82, 2.24) is 25.3 Å². The van der Waals surface area contributed by atoms with Crippen LogP contribution in [-0.4, -0.2) is 25.3 Å².